The van der Waals surface area contributed by atoms with Gasteiger partial charge in [0.25, 0.3) is 0 Å². The first-order valence-electron chi connectivity index (χ1n) is 7.07. The Morgan fingerprint density at radius 3 is 2.82 bits per heavy atom. The van der Waals surface area contributed by atoms with Crippen LogP contribution in [-0.4, -0.2) is 26.7 Å². The van der Waals surface area contributed by atoms with Crippen LogP contribution >= 0.6 is 0 Å². The number of nitrogens with one attached hydrogen (secondary N) is 1. The van der Waals surface area contributed by atoms with Gasteiger partial charge in [0, 0.05) is 17.4 Å². The summed E-state index contributed by atoms with van der Waals surface area (Å²) in [6, 6.07) is 10.8. The predicted molar refractivity (Wildman–Crippen MR) is 80.0 cm³/mol. The van der Waals surface area contributed by atoms with E-state index in [1.807, 2.05) is 37.3 Å². The number of carbonyl (C=O) groups excluding carboxylic acids is 1. The summed E-state index contributed by atoms with van der Waals surface area (Å²) in [6.45, 7) is 2.38. The minimum absolute atomic E-state index is 0.309. The van der Waals surface area contributed by atoms with Gasteiger partial charge in [0.15, 0.2) is 0 Å². The summed E-state index contributed by atoms with van der Waals surface area (Å²) >= 11 is 0. The fourth-order valence-corrected chi connectivity index (χ4v) is 2.44. The van der Waals surface area contributed by atoms with Gasteiger partial charge in [-0.2, -0.15) is 5.10 Å². The highest BCUT2D eigenvalue weighted by Gasteiger charge is 2.53. The molecule has 1 aromatic heterocycles. The maximum atomic E-state index is 12.0. The number of rotatable bonds is 5. The molecule has 0 bridgehead atoms. The summed E-state index contributed by atoms with van der Waals surface area (Å²) in [7, 11) is 0. The van der Waals surface area contributed by atoms with Crippen LogP contribution in [0.2, 0.25) is 0 Å². The van der Waals surface area contributed by atoms with Gasteiger partial charge in [0.1, 0.15) is 11.7 Å². The average Bonchev–Trinajstić information content (AvgIpc) is 3.21. The van der Waals surface area contributed by atoms with Crippen LogP contribution in [0.5, 0.6) is 0 Å². The molecule has 2 atom stereocenters. The fraction of sp³-hybridized carbons (Fsp3) is 0.333. The molecule has 1 aliphatic carbocycles. The van der Waals surface area contributed by atoms with E-state index in [9.17, 15) is 14.9 Å². The van der Waals surface area contributed by atoms with E-state index in [-0.39, 0.29) is 5.91 Å². The van der Waals surface area contributed by atoms with Gasteiger partial charge in [-0.25, -0.2) is 4.68 Å². The molecule has 1 aromatic carbocycles. The van der Waals surface area contributed by atoms with Crippen LogP contribution in [0.1, 0.15) is 17.7 Å². The maximum Gasteiger partial charge on any atom is 0.235 e. The predicted octanol–water partition coefficient (Wildman–Crippen LogP) is 1.84. The number of anilines is 1. The first-order chi connectivity index (χ1) is 10.5. The number of benzene rings is 1. The lowest BCUT2D eigenvalue weighted by Gasteiger charge is -2.08. The smallest absolute Gasteiger partial charge is 0.235 e. The first-order valence-corrected chi connectivity index (χ1v) is 7.07. The molecule has 7 heteroatoms. The Morgan fingerprint density at radius 2 is 2.18 bits per heavy atom. The molecule has 0 aliphatic heterocycles. The summed E-state index contributed by atoms with van der Waals surface area (Å²) in [4.78, 5) is 22.3. The van der Waals surface area contributed by atoms with Crippen molar-refractivity contribution < 1.29 is 9.72 Å². The van der Waals surface area contributed by atoms with Gasteiger partial charge in [-0.3, -0.25) is 14.9 Å². The zero-order valence-electron chi connectivity index (χ0n) is 12.1. The number of nitrogens with zero attached hydrogens (tertiary/aromatic N) is 3. The second kappa shape index (κ2) is 5.59. The zero-order valence-corrected chi connectivity index (χ0v) is 12.1. The minimum atomic E-state index is -0.744. The van der Waals surface area contributed by atoms with Crippen molar-refractivity contribution >= 4 is 11.7 Å². The van der Waals surface area contributed by atoms with E-state index >= 15 is 0 Å². The fourth-order valence-electron chi connectivity index (χ4n) is 2.44. The van der Waals surface area contributed by atoms with E-state index in [4.69, 9.17) is 0 Å². The molecular formula is C15H16N4O3. The summed E-state index contributed by atoms with van der Waals surface area (Å²) in [5.74, 6) is -0.272. The Kier molecular flexibility index (Phi) is 3.62. The number of aryl methyl sites for hydroxylation is 1. The number of hydrogen-bond donors (Lipinski definition) is 1. The van der Waals surface area contributed by atoms with Crippen molar-refractivity contribution in [2.45, 2.75) is 25.9 Å². The van der Waals surface area contributed by atoms with Crippen molar-refractivity contribution in [3.8, 4) is 0 Å². The Bertz CT molecular complexity index is 711. The lowest BCUT2D eigenvalue weighted by atomic mass is 10.2. The molecule has 1 aliphatic rings. The normalized spacial score (nSPS) is 19.7. The molecule has 0 spiro atoms. The van der Waals surface area contributed by atoms with Crippen LogP contribution in [-0.2, 0) is 11.3 Å². The number of nitro groups is 1. The van der Waals surface area contributed by atoms with Crippen molar-refractivity contribution in [1.82, 2.24) is 9.78 Å². The Balaban J connectivity index is 1.72. The largest absolute Gasteiger partial charge is 0.310 e. The Labute approximate surface area is 127 Å². The van der Waals surface area contributed by atoms with Crippen LogP contribution in [0.4, 0.5) is 5.82 Å². The molecule has 0 saturated heterocycles. The number of amides is 1. The molecule has 1 amide bonds. The minimum Gasteiger partial charge on any atom is -0.310 e. The zero-order chi connectivity index (χ0) is 15.7. The van der Waals surface area contributed by atoms with E-state index in [1.54, 1.807) is 10.7 Å². The van der Waals surface area contributed by atoms with Gasteiger partial charge >= 0.3 is 0 Å². The molecule has 114 valence electrons. The van der Waals surface area contributed by atoms with Gasteiger partial charge in [0.05, 0.1) is 12.2 Å². The van der Waals surface area contributed by atoms with Crippen LogP contribution < -0.4 is 5.32 Å². The molecule has 1 fully saturated rings. The summed E-state index contributed by atoms with van der Waals surface area (Å²) in [5.41, 5.74) is 1.85. The van der Waals surface area contributed by atoms with Crippen molar-refractivity contribution in [3.05, 3.63) is 57.8 Å². The highest BCUT2D eigenvalue weighted by molar-refractivity contribution is 5.94. The first kappa shape index (κ1) is 14.2. The highest BCUT2D eigenvalue weighted by atomic mass is 16.6. The number of hydrogen-bond acceptors (Lipinski definition) is 4. The van der Waals surface area contributed by atoms with Crippen molar-refractivity contribution in [3.63, 3.8) is 0 Å². The van der Waals surface area contributed by atoms with E-state index in [1.165, 1.54) is 0 Å². The molecule has 1 heterocycles. The SMILES string of the molecule is Cc1cc(NC(=O)[C@@H]2C[C@@H]2[N+](=O)[O-])n(Cc2ccccc2)n1. The van der Waals surface area contributed by atoms with Crippen molar-refractivity contribution in [2.24, 2.45) is 5.92 Å². The monoisotopic (exact) mass is 300 g/mol. The maximum absolute atomic E-state index is 12.0. The van der Waals surface area contributed by atoms with E-state index < -0.39 is 16.9 Å². The molecule has 22 heavy (non-hydrogen) atoms. The van der Waals surface area contributed by atoms with Crippen LogP contribution in [0.15, 0.2) is 36.4 Å². The lowest BCUT2D eigenvalue weighted by Crippen LogP contribution is -2.20. The Hall–Kier alpha value is -2.70. The van der Waals surface area contributed by atoms with Crippen LogP contribution in [0, 0.1) is 23.0 Å². The molecule has 3 rings (SSSR count). The quantitative estimate of drug-likeness (QED) is 0.674. The second-order valence-corrected chi connectivity index (χ2v) is 5.50. The molecule has 7 nitrogen and oxygen atoms in total. The Morgan fingerprint density at radius 1 is 1.45 bits per heavy atom. The molecule has 1 saturated carbocycles. The number of aromatic nitrogens is 2. The van der Waals surface area contributed by atoms with Gasteiger partial charge in [-0.1, -0.05) is 30.3 Å². The molecule has 0 unspecified atom stereocenters. The van der Waals surface area contributed by atoms with Crippen molar-refractivity contribution in [1.29, 1.82) is 0 Å². The number of carbonyl (C=O) groups is 1. The standard InChI is InChI=1S/C15H16N4O3/c1-10-7-14(16-15(20)12-8-13(12)19(21)22)18(17-10)9-11-5-3-2-4-6-11/h2-7,12-13H,8-9H2,1H3,(H,16,20)/t12-,13+/m1/s1. The van der Waals surface area contributed by atoms with E-state index in [2.05, 4.69) is 10.4 Å². The summed E-state index contributed by atoms with van der Waals surface area (Å²) in [5, 5.41) is 17.8. The molecule has 1 N–H and O–H groups in total. The van der Waals surface area contributed by atoms with Crippen LogP contribution in [0.3, 0.4) is 0 Å². The van der Waals surface area contributed by atoms with Gasteiger partial charge in [-0.05, 0) is 12.5 Å². The highest BCUT2D eigenvalue weighted by Crippen LogP contribution is 2.34. The van der Waals surface area contributed by atoms with Crippen molar-refractivity contribution in [2.75, 3.05) is 5.32 Å². The average molecular weight is 300 g/mol. The second-order valence-electron chi connectivity index (χ2n) is 5.50. The molecule has 2 aromatic rings. The van der Waals surface area contributed by atoms with E-state index in [0.717, 1.165) is 11.3 Å². The third-order valence-corrected chi connectivity index (χ3v) is 3.69. The summed E-state index contributed by atoms with van der Waals surface area (Å²) in [6.07, 6.45) is 0.310. The van der Waals surface area contributed by atoms with Gasteiger partial charge in [-0.15, -0.1) is 0 Å². The molecule has 0 radical (unpaired) electrons. The lowest BCUT2D eigenvalue weighted by molar-refractivity contribution is -0.497. The third kappa shape index (κ3) is 2.98. The van der Waals surface area contributed by atoms with Crippen LogP contribution in [0.25, 0.3) is 0 Å². The topological polar surface area (TPSA) is 90.1 Å². The third-order valence-electron chi connectivity index (χ3n) is 3.69. The summed E-state index contributed by atoms with van der Waals surface area (Å²) < 4.78 is 1.70. The van der Waals surface area contributed by atoms with E-state index in [0.29, 0.717) is 18.8 Å². The van der Waals surface area contributed by atoms with Gasteiger partial charge < -0.3 is 5.32 Å². The molecular weight excluding hydrogens is 284 g/mol. The van der Waals surface area contributed by atoms with Gasteiger partial charge in [0.2, 0.25) is 11.9 Å².